The van der Waals surface area contributed by atoms with Gasteiger partial charge in [0.25, 0.3) is 0 Å². The van der Waals surface area contributed by atoms with Crippen LogP contribution in [0.15, 0.2) is 30.3 Å². The monoisotopic (exact) mass is 393 g/mol. The van der Waals surface area contributed by atoms with E-state index in [4.69, 9.17) is 4.74 Å². The zero-order valence-corrected chi connectivity index (χ0v) is 17.9. The number of aryl methyl sites for hydroxylation is 2. The maximum atomic E-state index is 12.6. The minimum absolute atomic E-state index is 0.0591. The number of rotatable bonds is 4. The van der Waals surface area contributed by atoms with Crippen molar-refractivity contribution in [2.75, 3.05) is 27.7 Å². The van der Waals surface area contributed by atoms with Gasteiger partial charge in [-0.3, -0.25) is 9.69 Å². The number of carbonyl (C=O) groups is 1. The van der Waals surface area contributed by atoms with E-state index in [-0.39, 0.29) is 11.9 Å². The van der Waals surface area contributed by atoms with Gasteiger partial charge in [0.1, 0.15) is 0 Å². The number of hydrogen-bond acceptors (Lipinski definition) is 4. The van der Waals surface area contributed by atoms with Crippen LogP contribution in [0.3, 0.4) is 0 Å². The molecule has 1 aliphatic carbocycles. The molecular weight excluding hydrogens is 362 g/mol. The summed E-state index contributed by atoms with van der Waals surface area (Å²) in [4.78, 5) is 21.3. The molecular formula is C24H31N3O2. The highest BCUT2D eigenvalue weighted by Gasteiger charge is 2.37. The first-order valence-electron chi connectivity index (χ1n) is 10.6. The summed E-state index contributed by atoms with van der Waals surface area (Å²) in [5.74, 6) is 0.908. The van der Waals surface area contributed by atoms with Crippen molar-refractivity contribution in [3.05, 3.63) is 47.2 Å². The molecule has 0 radical (unpaired) electrons. The van der Waals surface area contributed by atoms with Crippen molar-refractivity contribution in [2.45, 2.75) is 51.1 Å². The summed E-state index contributed by atoms with van der Waals surface area (Å²) >= 11 is 0. The summed E-state index contributed by atoms with van der Waals surface area (Å²) in [6, 6.07) is 11.4. The van der Waals surface area contributed by atoms with Gasteiger partial charge in [-0.05, 0) is 68.3 Å². The minimum atomic E-state index is 0.0591. The maximum Gasteiger partial charge on any atom is 0.239 e. The molecule has 0 bridgehead atoms. The zero-order chi connectivity index (χ0) is 20.5. The van der Waals surface area contributed by atoms with Crippen LogP contribution >= 0.6 is 0 Å². The van der Waals surface area contributed by atoms with Crippen LogP contribution in [0.2, 0.25) is 0 Å². The Kier molecular flexibility index (Phi) is 5.59. The van der Waals surface area contributed by atoms with Crippen LogP contribution < -0.4 is 4.74 Å². The second-order valence-corrected chi connectivity index (χ2v) is 8.50. The average molecular weight is 394 g/mol. The molecule has 0 spiro atoms. The van der Waals surface area contributed by atoms with E-state index in [1.807, 2.05) is 27.1 Å². The van der Waals surface area contributed by atoms with Crippen LogP contribution in [-0.4, -0.2) is 60.5 Å². The molecule has 5 heteroatoms. The number of carbonyl (C=O) groups excluding carboxylic acids is 1. The van der Waals surface area contributed by atoms with Gasteiger partial charge in [-0.1, -0.05) is 18.2 Å². The first-order valence-corrected chi connectivity index (χ1v) is 10.6. The number of hydrogen-bond donors (Lipinski definition) is 0. The summed E-state index contributed by atoms with van der Waals surface area (Å²) in [5, 5.41) is 0. The van der Waals surface area contributed by atoms with Crippen LogP contribution in [0, 0.1) is 6.92 Å². The lowest BCUT2D eigenvalue weighted by atomic mass is 9.85. The molecule has 1 aromatic heterocycles. The number of ether oxygens (including phenoxy) is 1. The fourth-order valence-electron chi connectivity index (χ4n) is 4.93. The van der Waals surface area contributed by atoms with Crippen molar-refractivity contribution in [1.29, 1.82) is 0 Å². The molecule has 2 heterocycles. The van der Waals surface area contributed by atoms with E-state index in [2.05, 4.69) is 34.1 Å². The molecule has 1 aliphatic heterocycles. The lowest BCUT2D eigenvalue weighted by molar-refractivity contribution is -0.134. The Morgan fingerprint density at radius 2 is 2.00 bits per heavy atom. The third kappa shape index (κ3) is 3.88. The quantitative estimate of drug-likeness (QED) is 0.798. The second kappa shape index (κ2) is 8.15. The van der Waals surface area contributed by atoms with Crippen molar-refractivity contribution in [1.82, 2.24) is 14.8 Å². The predicted molar refractivity (Wildman–Crippen MR) is 115 cm³/mol. The number of benzene rings is 1. The Hall–Kier alpha value is -2.40. The average Bonchev–Trinajstić information content (AvgIpc) is 3.22. The maximum absolute atomic E-state index is 12.6. The number of aromatic nitrogens is 1. The Bertz CT molecular complexity index is 909. The molecule has 2 atom stereocenters. The smallest absolute Gasteiger partial charge is 0.239 e. The Balaban J connectivity index is 1.53. The van der Waals surface area contributed by atoms with E-state index in [1.54, 1.807) is 12.0 Å². The van der Waals surface area contributed by atoms with Crippen LogP contribution in [0.4, 0.5) is 0 Å². The Morgan fingerprint density at radius 1 is 1.17 bits per heavy atom. The molecule has 2 aliphatic rings. The first kappa shape index (κ1) is 19.9. The first-order chi connectivity index (χ1) is 14.0. The lowest BCUT2D eigenvalue weighted by Gasteiger charge is -2.36. The third-order valence-electron chi connectivity index (χ3n) is 6.48. The van der Waals surface area contributed by atoms with E-state index < -0.39 is 0 Å². The van der Waals surface area contributed by atoms with Crippen molar-refractivity contribution in [2.24, 2.45) is 0 Å². The molecule has 2 aromatic rings. The molecule has 1 saturated heterocycles. The highest BCUT2D eigenvalue weighted by atomic mass is 16.5. The number of nitrogens with zero attached hydrogens (tertiary/aromatic N) is 3. The van der Waals surface area contributed by atoms with Gasteiger partial charge in [0, 0.05) is 37.5 Å². The van der Waals surface area contributed by atoms with Crippen molar-refractivity contribution >= 4 is 5.91 Å². The molecule has 4 rings (SSSR count). The summed E-state index contributed by atoms with van der Waals surface area (Å²) in [7, 11) is 5.38. The molecule has 1 amide bonds. The van der Waals surface area contributed by atoms with Gasteiger partial charge in [0.2, 0.25) is 11.8 Å². The summed E-state index contributed by atoms with van der Waals surface area (Å²) in [6.45, 7) is 3.07. The van der Waals surface area contributed by atoms with Gasteiger partial charge in [-0.25, -0.2) is 4.98 Å². The topological polar surface area (TPSA) is 45.7 Å². The van der Waals surface area contributed by atoms with E-state index in [9.17, 15) is 4.79 Å². The molecule has 0 N–H and O–H groups in total. The van der Waals surface area contributed by atoms with Gasteiger partial charge in [-0.15, -0.1) is 0 Å². The molecule has 0 saturated carbocycles. The van der Waals surface area contributed by atoms with Crippen LogP contribution in [0.25, 0.3) is 11.1 Å². The van der Waals surface area contributed by atoms with Crippen LogP contribution in [-0.2, 0) is 17.6 Å². The predicted octanol–water partition coefficient (Wildman–Crippen LogP) is 3.48. The Labute approximate surface area is 173 Å². The number of methoxy groups -OCH3 is 1. The van der Waals surface area contributed by atoms with Crippen LogP contribution in [0.5, 0.6) is 5.88 Å². The van der Waals surface area contributed by atoms with Crippen LogP contribution in [0.1, 0.15) is 36.1 Å². The minimum Gasteiger partial charge on any atom is -0.481 e. The molecule has 5 nitrogen and oxygen atoms in total. The fourth-order valence-corrected chi connectivity index (χ4v) is 4.93. The second-order valence-electron chi connectivity index (χ2n) is 8.50. The van der Waals surface area contributed by atoms with Gasteiger partial charge in [-0.2, -0.15) is 0 Å². The third-order valence-corrected chi connectivity index (χ3v) is 6.48. The highest BCUT2D eigenvalue weighted by molar-refractivity contribution is 5.81. The van der Waals surface area contributed by atoms with E-state index in [0.29, 0.717) is 11.9 Å². The number of likely N-dealkylation sites (tertiary alicyclic amines) is 1. The number of likely N-dealkylation sites (N-methyl/N-ethyl adjacent to an activating group) is 1. The van der Waals surface area contributed by atoms with Crippen molar-refractivity contribution in [3.63, 3.8) is 0 Å². The van der Waals surface area contributed by atoms with Gasteiger partial charge >= 0.3 is 0 Å². The van der Waals surface area contributed by atoms with Crippen molar-refractivity contribution in [3.8, 4) is 17.0 Å². The molecule has 29 heavy (non-hydrogen) atoms. The summed E-state index contributed by atoms with van der Waals surface area (Å²) < 4.78 is 5.23. The lowest BCUT2D eigenvalue weighted by Crippen LogP contribution is -2.49. The molecule has 1 aromatic carbocycles. The normalized spacial score (nSPS) is 21.7. The summed E-state index contributed by atoms with van der Waals surface area (Å²) in [5.41, 5.74) is 6.22. The van der Waals surface area contributed by atoms with Gasteiger partial charge in [0.05, 0.1) is 13.2 Å². The standard InChI is InChI=1S/C24H31N3O2/c1-16-21(11-12-23(25-16)29-4)19-8-7-18-15-20(10-9-17(18)14-19)27-13-5-6-22(27)24(28)26(2)3/h7-8,11-12,14,20,22H,5-6,9-10,13,15H2,1-4H3. The summed E-state index contributed by atoms with van der Waals surface area (Å²) in [6.07, 6.45) is 5.33. The molecule has 1 fully saturated rings. The fraction of sp³-hybridized carbons (Fsp3) is 0.500. The van der Waals surface area contributed by atoms with E-state index >= 15 is 0 Å². The zero-order valence-electron chi connectivity index (χ0n) is 17.9. The molecule has 154 valence electrons. The number of fused-ring (bicyclic) bond motifs is 1. The SMILES string of the molecule is COc1ccc(-c2ccc3c(c2)CCC(N2CCCC2C(=O)N(C)C)C3)c(C)n1. The van der Waals surface area contributed by atoms with E-state index in [1.165, 1.54) is 16.7 Å². The highest BCUT2D eigenvalue weighted by Crippen LogP contribution is 2.33. The van der Waals surface area contributed by atoms with E-state index in [0.717, 1.165) is 49.9 Å². The molecule has 2 unspecified atom stereocenters. The number of amides is 1. The van der Waals surface area contributed by atoms with Gasteiger partial charge in [0.15, 0.2) is 0 Å². The number of pyridine rings is 1. The largest absolute Gasteiger partial charge is 0.481 e. The van der Waals surface area contributed by atoms with Gasteiger partial charge < -0.3 is 9.64 Å². The van der Waals surface area contributed by atoms with Crippen molar-refractivity contribution < 1.29 is 9.53 Å². The Morgan fingerprint density at radius 3 is 2.72 bits per heavy atom.